The van der Waals surface area contributed by atoms with E-state index in [9.17, 15) is 4.79 Å². The van der Waals surface area contributed by atoms with Crippen LogP contribution in [0.15, 0.2) is 47.8 Å². The number of aryl methyl sites for hydroxylation is 1. The number of benzene rings is 1. The summed E-state index contributed by atoms with van der Waals surface area (Å²) in [6.07, 6.45) is 0. The number of nitrogens with one attached hydrogen (secondary N) is 1. The van der Waals surface area contributed by atoms with Gasteiger partial charge < -0.3 is 10.2 Å². The van der Waals surface area contributed by atoms with Crippen LogP contribution in [-0.2, 0) is 0 Å². The largest absolute Gasteiger partial charge is 0.349 e. The summed E-state index contributed by atoms with van der Waals surface area (Å²) < 4.78 is 1.72. The molecule has 1 aromatic carbocycles. The van der Waals surface area contributed by atoms with Crippen LogP contribution in [0.3, 0.4) is 0 Å². The van der Waals surface area contributed by atoms with Crippen LogP contribution >= 0.6 is 11.3 Å². The Hall–Kier alpha value is -2.44. The first-order valence-corrected chi connectivity index (χ1v) is 9.06. The van der Waals surface area contributed by atoms with Gasteiger partial charge in [-0.2, -0.15) is 5.10 Å². The molecule has 0 saturated heterocycles. The summed E-state index contributed by atoms with van der Waals surface area (Å²) in [7, 11) is 3.97. The van der Waals surface area contributed by atoms with Crippen molar-refractivity contribution in [1.82, 2.24) is 20.0 Å². The minimum atomic E-state index is -0.113. The molecule has 25 heavy (non-hydrogen) atoms. The van der Waals surface area contributed by atoms with E-state index in [-0.39, 0.29) is 5.91 Å². The normalized spacial score (nSPS) is 11.0. The summed E-state index contributed by atoms with van der Waals surface area (Å²) in [6, 6.07) is 13.9. The van der Waals surface area contributed by atoms with Gasteiger partial charge in [-0.05, 0) is 50.7 Å². The molecule has 0 saturated carbocycles. The fourth-order valence-electron chi connectivity index (χ4n) is 2.45. The van der Waals surface area contributed by atoms with Crippen molar-refractivity contribution < 1.29 is 4.79 Å². The van der Waals surface area contributed by atoms with Gasteiger partial charge in [0.1, 0.15) is 11.4 Å². The number of nitrogens with zero attached hydrogens (tertiary/aromatic N) is 3. The quantitative estimate of drug-likeness (QED) is 0.739. The third-order valence-electron chi connectivity index (χ3n) is 3.84. The number of likely N-dealkylation sites (N-methyl/N-ethyl adjacent to an activating group) is 1. The highest BCUT2D eigenvalue weighted by atomic mass is 32.1. The molecule has 2 heterocycles. The molecule has 0 fully saturated rings. The van der Waals surface area contributed by atoms with Crippen molar-refractivity contribution in [2.24, 2.45) is 0 Å². The Labute approximate surface area is 151 Å². The smallest absolute Gasteiger partial charge is 0.270 e. The lowest BCUT2D eigenvalue weighted by Crippen LogP contribution is -2.32. The van der Waals surface area contributed by atoms with Crippen molar-refractivity contribution in [3.63, 3.8) is 0 Å². The standard InChI is InChI=1S/C19H22N4OS/c1-14-6-8-15(9-7-14)23-17(19(24)20-10-11-22(2)3)13-16(21-23)18-5-4-12-25-18/h4-9,12-13H,10-11H2,1-3H3,(H,20,24). The van der Waals surface area contributed by atoms with Crippen molar-refractivity contribution in [3.05, 3.63) is 59.1 Å². The number of amides is 1. The molecule has 130 valence electrons. The highest BCUT2D eigenvalue weighted by Crippen LogP contribution is 2.25. The number of hydrogen-bond acceptors (Lipinski definition) is 4. The van der Waals surface area contributed by atoms with Gasteiger partial charge in [0.15, 0.2) is 0 Å². The molecule has 1 amide bonds. The van der Waals surface area contributed by atoms with Crippen LogP contribution < -0.4 is 5.32 Å². The summed E-state index contributed by atoms with van der Waals surface area (Å²) in [4.78, 5) is 15.8. The SMILES string of the molecule is Cc1ccc(-n2nc(-c3cccs3)cc2C(=O)NCCN(C)C)cc1. The summed E-state index contributed by atoms with van der Waals surface area (Å²) in [5, 5.41) is 9.66. The Morgan fingerprint density at radius 3 is 2.64 bits per heavy atom. The van der Waals surface area contributed by atoms with E-state index in [0.717, 1.165) is 22.8 Å². The molecule has 3 aromatic rings. The van der Waals surface area contributed by atoms with Crippen molar-refractivity contribution in [2.75, 3.05) is 27.2 Å². The van der Waals surface area contributed by atoms with Crippen LogP contribution in [0.2, 0.25) is 0 Å². The molecule has 1 N–H and O–H groups in total. The van der Waals surface area contributed by atoms with E-state index in [1.54, 1.807) is 16.0 Å². The van der Waals surface area contributed by atoms with Crippen LogP contribution in [0, 0.1) is 6.92 Å². The van der Waals surface area contributed by atoms with E-state index in [4.69, 9.17) is 0 Å². The van der Waals surface area contributed by atoms with Gasteiger partial charge in [0, 0.05) is 13.1 Å². The van der Waals surface area contributed by atoms with Crippen LogP contribution in [0.4, 0.5) is 0 Å². The van der Waals surface area contributed by atoms with E-state index >= 15 is 0 Å². The molecule has 0 aliphatic rings. The first kappa shape index (κ1) is 17.4. The Morgan fingerprint density at radius 2 is 2.00 bits per heavy atom. The summed E-state index contributed by atoms with van der Waals surface area (Å²) in [5.74, 6) is -0.113. The average molecular weight is 354 g/mol. The minimum Gasteiger partial charge on any atom is -0.349 e. The number of thiophene rings is 1. The first-order chi connectivity index (χ1) is 12.0. The summed E-state index contributed by atoms with van der Waals surface area (Å²) in [6.45, 7) is 3.43. The lowest BCUT2D eigenvalue weighted by atomic mass is 10.2. The molecule has 2 aromatic heterocycles. The molecule has 0 atom stereocenters. The van der Waals surface area contributed by atoms with E-state index in [1.165, 1.54) is 5.56 Å². The fourth-order valence-corrected chi connectivity index (χ4v) is 3.14. The van der Waals surface area contributed by atoms with E-state index < -0.39 is 0 Å². The molecule has 0 spiro atoms. The molecule has 0 bridgehead atoms. The van der Waals surface area contributed by atoms with Crippen molar-refractivity contribution in [2.45, 2.75) is 6.92 Å². The summed E-state index contributed by atoms with van der Waals surface area (Å²) in [5.41, 5.74) is 3.41. The molecule has 3 rings (SSSR count). The second-order valence-corrected chi connectivity index (χ2v) is 7.15. The summed E-state index contributed by atoms with van der Waals surface area (Å²) >= 11 is 1.61. The molecule has 5 nitrogen and oxygen atoms in total. The van der Waals surface area contributed by atoms with Gasteiger partial charge in [0.05, 0.1) is 10.6 Å². The lowest BCUT2D eigenvalue weighted by Gasteiger charge is -2.11. The molecule has 0 aliphatic carbocycles. The average Bonchev–Trinajstić information content (AvgIpc) is 3.24. The van der Waals surface area contributed by atoms with Gasteiger partial charge in [-0.15, -0.1) is 11.3 Å². The number of hydrogen-bond donors (Lipinski definition) is 1. The zero-order valence-corrected chi connectivity index (χ0v) is 15.5. The maximum absolute atomic E-state index is 12.7. The first-order valence-electron chi connectivity index (χ1n) is 8.18. The van der Waals surface area contributed by atoms with Gasteiger partial charge >= 0.3 is 0 Å². The zero-order valence-electron chi connectivity index (χ0n) is 14.7. The Morgan fingerprint density at radius 1 is 1.24 bits per heavy atom. The lowest BCUT2D eigenvalue weighted by molar-refractivity contribution is 0.0943. The van der Waals surface area contributed by atoms with E-state index in [1.807, 2.05) is 73.8 Å². The van der Waals surface area contributed by atoms with Crippen LogP contribution in [0.5, 0.6) is 0 Å². The molecule has 0 unspecified atom stereocenters. The highest BCUT2D eigenvalue weighted by molar-refractivity contribution is 7.13. The molecular formula is C19H22N4OS. The van der Waals surface area contributed by atoms with Crippen molar-refractivity contribution in [1.29, 1.82) is 0 Å². The van der Waals surface area contributed by atoms with Gasteiger partial charge in [0.25, 0.3) is 5.91 Å². The van der Waals surface area contributed by atoms with Gasteiger partial charge in [-0.25, -0.2) is 4.68 Å². The highest BCUT2D eigenvalue weighted by Gasteiger charge is 2.17. The predicted octanol–water partition coefficient (Wildman–Crippen LogP) is 3.20. The van der Waals surface area contributed by atoms with Crippen molar-refractivity contribution >= 4 is 17.2 Å². The van der Waals surface area contributed by atoms with E-state index in [0.29, 0.717) is 12.2 Å². The Balaban J connectivity index is 1.94. The molecule has 0 radical (unpaired) electrons. The second-order valence-electron chi connectivity index (χ2n) is 6.20. The predicted molar refractivity (Wildman–Crippen MR) is 103 cm³/mol. The van der Waals surface area contributed by atoms with E-state index in [2.05, 4.69) is 10.4 Å². The van der Waals surface area contributed by atoms with Crippen molar-refractivity contribution in [3.8, 4) is 16.3 Å². The third kappa shape index (κ3) is 4.15. The Bertz CT molecular complexity index is 835. The fraction of sp³-hybridized carbons (Fsp3) is 0.263. The molecule has 6 heteroatoms. The minimum absolute atomic E-state index is 0.113. The third-order valence-corrected chi connectivity index (χ3v) is 4.73. The monoisotopic (exact) mass is 354 g/mol. The maximum atomic E-state index is 12.7. The Kier molecular flexibility index (Phi) is 5.31. The number of carbonyl (C=O) groups is 1. The number of aromatic nitrogens is 2. The van der Waals surface area contributed by atoms with Gasteiger partial charge in [-0.1, -0.05) is 23.8 Å². The zero-order chi connectivity index (χ0) is 17.8. The topological polar surface area (TPSA) is 50.2 Å². The maximum Gasteiger partial charge on any atom is 0.270 e. The van der Waals surface area contributed by atoms with Crippen LogP contribution in [0.25, 0.3) is 16.3 Å². The van der Waals surface area contributed by atoms with Gasteiger partial charge in [-0.3, -0.25) is 4.79 Å². The molecule has 0 aliphatic heterocycles. The van der Waals surface area contributed by atoms with Crippen LogP contribution in [0.1, 0.15) is 16.1 Å². The number of rotatable bonds is 6. The number of carbonyl (C=O) groups excluding carboxylic acids is 1. The molecular weight excluding hydrogens is 332 g/mol. The second kappa shape index (κ2) is 7.63. The van der Waals surface area contributed by atoms with Crippen LogP contribution in [-0.4, -0.2) is 47.8 Å². The van der Waals surface area contributed by atoms with Gasteiger partial charge in [0.2, 0.25) is 0 Å².